The lowest BCUT2D eigenvalue weighted by Gasteiger charge is -2.12. The monoisotopic (exact) mass is 338 g/mol. The summed E-state index contributed by atoms with van der Waals surface area (Å²) in [5.41, 5.74) is 11.5. The first kappa shape index (κ1) is 17.4. The van der Waals surface area contributed by atoms with Crippen LogP contribution in [-0.4, -0.2) is 25.7 Å². The van der Waals surface area contributed by atoms with Crippen LogP contribution in [0.3, 0.4) is 0 Å². The quantitative estimate of drug-likeness (QED) is 0.626. The van der Waals surface area contributed by atoms with E-state index in [2.05, 4.69) is 30.1 Å². The summed E-state index contributed by atoms with van der Waals surface area (Å²) < 4.78 is 11.0. The van der Waals surface area contributed by atoms with Crippen LogP contribution in [0.5, 0.6) is 11.5 Å². The van der Waals surface area contributed by atoms with Crippen LogP contribution in [0.25, 0.3) is 22.2 Å². The van der Waals surface area contributed by atoms with Crippen molar-refractivity contribution in [1.82, 2.24) is 4.98 Å². The molecule has 0 spiro atoms. The molecule has 3 rings (SSSR count). The number of nitrogens with one attached hydrogen (secondary N) is 1. The van der Waals surface area contributed by atoms with Gasteiger partial charge in [-0.15, -0.1) is 0 Å². The molecule has 2 aromatic carbocycles. The number of H-pyrrole nitrogens is 1. The summed E-state index contributed by atoms with van der Waals surface area (Å²) in [5.74, 6) is 1.66. The summed E-state index contributed by atoms with van der Waals surface area (Å²) in [6.07, 6.45) is 3.07. The number of hydrogen-bond acceptors (Lipinski definition) is 3. The van der Waals surface area contributed by atoms with Gasteiger partial charge in [-0.25, -0.2) is 0 Å². The fraction of sp³-hybridized carbons (Fsp3) is 0.333. The average Bonchev–Trinajstić information content (AvgIpc) is 2.99. The smallest absolute Gasteiger partial charge is 0.128 e. The van der Waals surface area contributed by atoms with E-state index in [4.69, 9.17) is 15.2 Å². The van der Waals surface area contributed by atoms with Gasteiger partial charge in [0.1, 0.15) is 11.5 Å². The minimum absolute atomic E-state index is 0.721. The minimum Gasteiger partial charge on any atom is -0.497 e. The molecule has 0 atom stereocenters. The molecule has 25 heavy (non-hydrogen) atoms. The Labute approximate surface area is 149 Å². The first-order valence-electron chi connectivity index (χ1n) is 8.71. The Morgan fingerprint density at radius 1 is 1.00 bits per heavy atom. The van der Waals surface area contributed by atoms with E-state index in [9.17, 15) is 0 Å². The Kier molecular flexibility index (Phi) is 5.29. The standard InChI is InChI=1S/C21H26N2O2/c1-14-7-9-19-17(12-14)16(6-4-5-11-22)21(23-19)18-13-15(24-2)8-10-20(18)25-3/h7-10,12-13,23H,4-6,11,22H2,1-3H3. The normalized spacial score (nSPS) is 11.0. The highest BCUT2D eigenvalue weighted by molar-refractivity contribution is 5.92. The van der Waals surface area contributed by atoms with Crippen molar-refractivity contribution >= 4 is 10.9 Å². The molecular weight excluding hydrogens is 312 g/mol. The maximum absolute atomic E-state index is 5.69. The first-order valence-corrected chi connectivity index (χ1v) is 8.71. The number of aromatic nitrogens is 1. The van der Waals surface area contributed by atoms with Gasteiger partial charge in [-0.3, -0.25) is 0 Å². The number of methoxy groups -OCH3 is 2. The highest BCUT2D eigenvalue weighted by atomic mass is 16.5. The second-order valence-corrected chi connectivity index (χ2v) is 6.34. The van der Waals surface area contributed by atoms with Crippen LogP contribution in [0.15, 0.2) is 36.4 Å². The van der Waals surface area contributed by atoms with E-state index in [1.54, 1.807) is 14.2 Å². The SMILES string of the molecule is COc1ccc(OC)c(-c2[nH]c3ccc(C)cc3c2CCCCN)c1. The third kappa shape index (κ3) is 3.49. The third-order valence-corrected chi connectivity index (χ3v) is 4.62. The zero-order valence-corrected chi connectivity index (χ0v) is 15.2. The predicted octanol–water partition coefficient (Wildman–Crippen LogP) is 4.44. The topological polar surface area (TPSA) is 60.3 Å². The van der Waals surface area contributed by atoms with Gasteiger partial charge < -0.3 is 20.2 Å². The van der Waals surface area contributed by atoms with E-state index >= 15 is 0 Å². The van der Waals surface area contributed by atoms with Crippen LogP contribution in [0.4, 0.5) is 0 Å². The molecule has 0 radical (unpaired) electrons. The molecular formula is C21H26N2O2. The van der Waals surface area contributed by atoms with Crippen molar-refractivity contribution in [3.63, 3.8) is 0 Å². The van der Waals surface area contributed by atoms with Crippen LogP contribution < -0.4 is 15.2 Å². The number of unbranched alkanes of at least 4 members (excludes halogenated alkanes) is 1. The molecule has 4 nitrogen and oxygen atoms in total. The van der Waals surface area contributed by atoms with Gasteiger partial charge in [-0.1, -0.05) is 11.6 Å². The van der Waals surface area contributed by atoms with Crippen molar-refractivity contribution in [1.29, 1.82) is 0 Å². The van der Waals surface area contributed by atoms with Crippen molar-refractivity contribution in [2.24, 2.45) is 5.73 Å². The second-order valence-electron chi connectivity index (χ2n) is 6.34. The van der Waals surface area contributed by atoms with Crippen molar-refractivity contribution in [3.8, 4) is 22.8 Å². The molecule has 1 aromatic heterocycles. The number of benzene rings is 2. The lowest BCUT2D eigenvalue weighted by molar-refractivity contribution is 0.404. The molecule has 0 saturated heterocycles. The maximum atomic E-state index is 5.69. The Hall–Kier alpha value is -2.46. The number of nitrogens with two attached hydrogens (primary N) is 1. The molecule has 3 N–H and O–H groups in total. The van der Waals surface area contributed by atoms with E-state index in [1.165, 1.54) is 16.5 Å². The Morgan fingerprint density at radius 3 is 2.56 bits per heavy atom. The molecule has 3 aromatic rings. The van der Waals surface area contributed by atoms with Gasteiger partial charge in [0, 0.05) is 16.5 Å². The maximum Gasteiger partial charge on any atom is 0.128 e. The average molecular weight is 338 g/mol. The molecule has 4 heteroatoms. The Morgan fingerprint density at radius 2 is 1.84 bits per heavy atom. The molecule has 1 heterocycles. The highest BCUT2D eigenvalue weighted by Crippen LogP contribution is 2.38. The molecule has 0 bridgehead atoms. The molecule has 0 amide bonds. The van der Waals surface area contributed by atoms with Crippen LogP contribution in [-0.2, 0) is 6.42 Å². The molecule has 0 unspecified atom stereocenters. The fourth-order valence-electron chi connectivity index (χ4n) is 3.31. The van der Waals surface area contributed by atoms with Crippen molar-refractivity contribution in [3.05, 3.63) is 47.5 Å². The summed E-state index contributed by atoms with van der Waals surface area (Å²) in [6.45, 7) is 2.85. The Balaban J connectivity index is 2.19. The largest absolute Gasteiger partial charge is 0.497 e. The van der Waals surface area contributed by atoms with Crippen LogP contribution in [0.2, 0.25) is 0 Å². The number of fused-ring (bicyclic) bond motifs is 1. The summed E-state index contributed by atoms with van der Waals surface area (Å²) >= 11 is 0. The van der Waals surface area contributed by atoms with Crippen LogP contribution >= 0.6 is 0 Å². The summed E-state index contributed by atoms with van der Waals surface area (Å²) in [7, 11) is 3.38. The number of ether oxygens (including phenoxy) is 2. The summed E-state index contributed by atoms with van der Waals surface area (Å²) in [4.78, 5) is 3.59. The lowest BCUT2D eigenvalue weighted by Crippen LogP contribution is -1.99. The van der Waals surface area contributed by atoms with E-state index in [-0.39, 0.29) is 0 Å². The van der Waals surface area contributed by atoms with E-state index in [0.717, 1.165) is 54.1 Å². The lowest BCUT2D eigenvalue weighted by atomic mass is 9.99. The minimum atomic E-state index is 0.721. The number of aromatic amines is 1. The van der Waals surface area contributed by atoms with Crippen molar-refractivity contribution < 1.29 is 9.47 Å². The van der Waals surface area contributed by atoms with Gasteiger partial charge >= 0.3 is 0 Å². The zero-order chi connectivity index (χ0) is 17.8. The van der Waals surface area contributed by atoms with Gasteiger partial charge in [-0.05, 0) is 68.6 Å². The van der Waals surface area contributed by atoms with Gasteiger partial charge in [0.2, 0.25) is 0 Å². The summed E-state index contributed by atoms with van der Waals surface area (Å²) in [5, 5.41) is 1.27. The number of hydrogen-bond donors (Lipinski definition) is 2. The van der Waals surface area contributed by atoms with E-state index in [0.29, 0.717) is 0 Å². The Bertz CT molecular complexity index is 868. The van der Waals surface area contributed by atoms with Crippen LogP contribution in [0, 0.1) is 6.92 Å². The van der Waals surface area contributed by atoms with Gasteiger partial charge in [0.15, 0.2) is 0 Å². The molecule has 0 aliphatic rings. The third-order valence-electron chi connectivity index (χ3n) is 4.62. The van der Waals surface area contributed by atoms with E-state index in [1.807, 2.05) is 18.2 Å². The molecule has 0 aliphatic heterocycles. The summed E-state index contributed by atoms with van der Waals surface area (Å²) in [6, 6.07) is 12.4. The first-order chi connectivity index (χ1) is 12.2. The number of rotatable bonds is 7. The van der Waals surface area contributed by atoms with Crippen molar-refractivity contribution in [2.45, 2.75) is 26.2 Å². The second kappa shape index (κ2) is 7.62. The van der Waals surface area contributed by atoms with E-state index < -0.39 is 0 Å². The molecule has 0 saturated carbocycles. The van der Waals surface area contributed by atoms with Gasteiger partial charge in [0.25, 0.3) is 0 Å². The molecule has 0 aliphatic carbocycles. The van der Waals surface area contributed by atoms with Gasteiger partial charge in [0.05, 0.1) is 19.9 Å². The highest BCUT2D eigenvalue weighted by Gasteiger charge is 2.17. The van der Waals surface area contributed by atoms with Crippen LogP contribution in [0.1, 0.15) is 24.0 Å². The molecule has 0 fully saturated rings. The van der Waals surface area contributed by atoms with Crippen molar-refractivity contribution in [2.75, 3.05) is 20.8 Å². The van der Waals surface area contributed by atoms with Gasteiger partial charge in [-0.2, -0.15) is 0 Å². The molecule has 132 valence electrons. The zero-order valence-electron chi connectivity index (χ0n) is 15.2. The number of aryl methyl sites for hydroxylation is 2. The predicted molar refractivity (Wildman–Crippen MR) is 104 cm³/mol. The fourth-order valence-corrected chi connectivity index (χ4v) is 3.31.